The van der Waals surface area contributed by atoms with Gasteiger partial charge in [-0.3, -0.25) is 0 Å². The van der Waals surface area contributed by atoms with E-state index in [1.807, 2.05) is 47.3 Å². The number of hydrogen-bond acceptors (Lipinski definition) is 5. The van der Waals surface area contributed by atoms with Gasteiger partial charge < -0.3 is 10.0 Å². The van der Waals surface area contributed by atoms with Crippen molar-refractivity contribution in [1.29, 1.82) is 0 Å². The maximum Gasteiger partial charge on any atom is 0.161 e. The fourth-order valence-electron chi connectivity index (χ4n) is 3.01. The maximum absolute atomic E-state index is 9.85. The lowest BCUT2D eigenvalue weighted by Crippen LogP contribution is -2.38. The van der Waals surface area contributed by atoms with Crippen LogP contribution in [-0.4, -0.2) is 44.0 Å². The van der Waals surface area contributed by atoms with Crippen LogP contribution in [-0.2, 0) is 0 Å². The summed E-state index contributed by atoms with van der Waals surface area (Å²) in [7, 11) is 0. The smallest absolute Gasteiger partial charge is 0.161 e. The van der Waals surface area contributed by atoms with Crippen LogP contribution < -0.4 is 4.90 Å². The maximum atomic E-state index is 9.85. The Kier molecular flexibility index (Phi) is 3.96. The third kappa shape index (κ3) is 3.00. The number of aliphatic hydroxyl groups is 1. The number of rotatable bonds is 3. The molecular weight excluding hydrogens is 302 g/mol. The predicted octanol–water partition coefficient (Wildman–Crippen LogP) is 2.29. The number of β-amino-alcohol motifs (C(OH)–C–C–N with tert-alkyl or cyclic N) is 1. The first-order chi connectivity index (χ1) is 11.8. The number of anilines is 1. The van der Waals surface area contributed by atoms with Gasteiger partial charge in [0.15, 0.2) is 5.82 Å². The number of aromatic nitrogens is 4. The molecule has 0 bridgehead atoms. The molecule has 122 valence electrons. The Bertz CT molecular complexity index is 801. The van der Waals surface area contributed by atoms with Crippen molar-refractivity contribution in [3.8, 4) is 17.1 Å². The molecule has 3 aromatic rings. The summed E-state index contributed by atoms with van der Waals surface area (Å²) < 4.78 is 1.82. The second kappa shape index (κ2) is 6.41. The van der Waals surface area contributed by atoms with Gasteiger partial charge in [0, 0.05) is 37.2 Å². The molecule has 1 atom stereocenters. The first-order valence-corrected chi connectivity index (χ1v) is 8.16. The molecule has 0 aliphatic carbocycles. The number of benzene rings is 1. The molecule has 1 aliphatic heterocycles. The molecule has 0 radical (unpaired) electrons. The lowest BCUT2D eigenvalue weighted by molar-refractivity contribution is 0.154. The van der Waals surface area contributed by atoms with Crippen LogP contribution in [0.4, 0.5) is 5.82 Å². The van der Waals surface area contributed by atoms with Crippen LogP contribution in [0.5, 0.6) is 0 Å². The molecule has 2 aromatic heterocycles. The minimum Gasteiger partial charge on any atom is -0.391 e. The van der Waals surface area contributed by atoms with E-state index in [1.165, 1.54) is 0 Å². The zero-order chi connectivity index (χ0) is 16.4. The van der Waals surface area contributed by atoms with E-state index in [4.69, 9.17) is 0 Å². The predicted molar refractivity (Wildman–Crippen MR) is 92.0 cm³/mol. The molecule has 3 heterocycles. The highest BCUT2D eigenvalue weighted by Crippen LogP contribution is 2.22. The molecule has 4 rings (SSSR count). The van der Waals surface area contributed by atoms with Crippen LogP contribution in [0.15, 0.2) is 55.0 Å². The van der Waals surface area contributed by atoms with Crippen LogP contribution in [0.3, 0.4) is 0 Å². The van der Waals surface area contributed by atoms with Gasteiger partial charge in [-0.1, -0.05) is 0 Å². The molecule has 6 nitrogen and oxygen atoms in total. The molecule has 1 aromatic carbocycles. The third-order valence-corrected chi connectivity index (χ3v) is 4.26. The van der Waals surface area contributed by atoms with Crippen LogP contribution in [0.2, 0.25) is 0 Å². The Hall–Kier alpha value is -2.73. The molecule has 1 aliphatic rings. The van der Waals surface area contributed by atoms with E-state index in [1.54, 1.807) is 12.4 Å². The minimum atomic E-state index is -0.273. The Labute approximate surface area is 140 Å². The van der Waals surface area contributed by atoms with Gasteiger partial charge in [0.05, 0.1) is 11.8 Å². The first-order valence-electron chi connectivity index (χ1n) is 8.16. The molecule has 0 spiro atoms. The molecule has 1 N–H and O–H groups in total. The second-order valence-electron chi connectivity index (χ2n) is 5.98. The van der Waals surface area contributed by atoms with Gasteiger partial charge in [-0.15, -0.1) is 0 Å². The fraction of sp³-hybridized carbons (Fsp3) is 0.278. The van der Waals surface area contributed by atoms with E-state index < -0.39 is 0 Å². The van der Waals surface area contributed by atoms with Crippen molar-refractivity contribution < 1.29 is 5.11 Å². The SMILES string of the molecule is O[C@H]1CCCN(c2ccnc(-c3ccc(-n4cccn4)cc3)n2)C1. The minimum absolute atomic E-state index is 0.273. The quantitative estimate of drug-likeness (QED) is 0.802. The molecule has 1 fully saturated rings. The zero-order valence-electron chi connectivity index (χ0n) is 13.3. The van der Waals surface area contributed by atoms with Gasteiger partial charge in [0.25, 0.3) is 0 Å². The third-order valence-electron chi connectivity index (χ3n) is 4.26. The van der Waals surface area contributed by atoms with Crippen molar-refractivity contribution in [2.24, 2.45) is 0 Å². The summed E-state index contributed by atoms with van der Waals surface area (Å²) in [6.45, 7) is 1.56. The van der Waals surface area contributed by atoms with Crippen molar-refractivity contribution in [2.75, 3.05) is 18.0 Å². The normalized spacial score (nSPS) is 17.9. The van der Waals surface area contributed by atoms with E-state index in [2.05, 4.69) is 20.0 Å². The molecule has 1 saturated heterocycles. The summed E-state index contributed by atoms with van der Waals surface area (Å²) >= 11 is 0. The fourth-order valence-corrected chi connectivity index (χ4v) is 3.01. The summed E-state index contributed by atoms with van der Waals surface area (Å²) in [5.74, 6) is 1.56. The van der Waals surface area contributed by atoms with Gasteiger partial charge >= 0.3 is 0 Å². The lowest BCUT2D eigenvalue weighted by Gasteiger charge is -2.31. The van der Waals surface area contributed by atoms with Crippen molar-refractivity contribution >= 4 is 5.82 Å². The molecule has 6 heteroatoms. The van der Waals surface area contributed by atoms with Gasteiger partial charge in [-0.25, -0.2) is 14.6 Å². The molecular formula is C18H19N5O. The van der Waals surface area contributed by atoms with Crippen molar-refractivity contribution in [1.82, 2.24) is 19.7 Å². The highest BCUT2D eigenvalue weighted by atomic mass is 16.3. The number of hydrogen-bond donors (Lipinski definition) is 1. The Balaban J connectivity index is 1.59. The largest absolute Gasteiger partial charge is 0.391 e. The van der Waals surface area contributed by atoms with E-state index in [0.717, 1.165) is 36.5 Å². The van der Waals surface area contributed by atoms with Crippen molar-refractivity contribution in [3.05, 3.63) is 55.0 Å². The second-order valence-corrected chi connectivity index (χ2v) is 5.98. The Morgan fingerprint density at radius 2 is 1.96 bits per heavy atom. The number of aliphatic hydroxyl groups excluding tert-OH is 1. The van der Waals surface area contributed by atoms with E-state index in [-0.39, 0.29) is 6.10 Å². The summed E-state index contributed by atoms with van der Waals surface area (Å²) in [6, 6.07) is 11.8. The van der Waals surface area contributed by atoms with Gasteiger partial charge in [0.1, 0.15) is 5.82 Å². The molecule has 24 heavy (non-hydrogen) atoms. The summed E-state index contributed by atoms with van der Waals surface area (Å²) in [6.07, 6.45) is 7.02. The lowest BCUT2D eigenvalue weighted by atomic mass is 10.1. The van der Waals surface area contributed by atoms with Gasteiger partial charge in [-0.05, 0) is 49.2 Å². The van der Waals surface area contributed by atoms with Crippen LogP contribution in [0.1, 0.15) is 12.8 Å². The summed E-state index contributed by atoms with van der Waals surface area (Å²) in [5, 5.41) is 14.1. The molecule has 0 saturated carbocycles. The highest BCUT2D eigenvalue weighted by molar-refractivity contribution is 5.59. The first kappa shape index (κ1) is 14.8. The van der Waals surface area contributed by atoms with E-state index in [9.17, 15) is 5.11 Å². The van der Waals surface area contributed by atoms with E-state index in [0.29, 0.717) is 12.4 Å². The van der Waals surface area contributed by atoms with Gasteiger partial charge in [-0.2, -0.15) is 5.10 Å². The monoisotopic (exact) mass is 321 g/mol. The zero-order valence-corrected chi connectivity index (χ0v) is 13.3. The molecule has 0 amide bonds. The summed E-state index contributed by atoms with van der Waals surface area (Å²) in [4.78, 5) is 11.2. The Morgan fingerprint density at radius 1 is 1.08 bits per heavy atom. The van der Waals surface area contributed by atoms with E-state index >= 15 is 0 Å². The average molecular weight is 321 g/mol. The highest BCUT2D eigenvalue weighted by Gasteiger charge is 2.19. The van der Waals surface area contributed by atoms with Crippen molar-refractivity contribution in [2.45, 2.75) is 18.9 Å². The number of piperidine rings is 1. The van der Waals surface area contributed by atoms with Crippen LogP contribution >= 0.6 is 0 Å². The van der Waals surface area contributed by atoms with Crippen LogP contribution in [0, 0.1) is 0 Å². The van der Waals surface area contributed by atoms with Gasteiger partial charge in [0.2, 0.25) is 0 Å². The molecule has 0 unspecified atom stereocenters. The number of nitrogens with zero attached hydrogens (tertiary/aromatic N) is 5. The average Bonchev–Trinajstić information content (AvgIpc) is 3.17. The summed E-state index contributed by atoms with van der Waals surface area (Å²) in [5.41, 5.74) is 1.96. The standard InChI is InChI=1S/C18H19N5O/c24-16-3-1-11-22(13-16)17-8-10-19-18(21-17)14-4-6-15(7-5-14)23-12-2-9-20-23/h2,4-10,12,16,24H,1,3,11,13H2/t16-/m0/s1. The topological polar surface area (TPSA) is 67.1 Å². The Morgan fingerprint density at radius 3 is 2.71 bits per heavy atom. The van der Waals surface area contributed by atoms with Crippen LogP contribution in [0.25, 0.3) is 17.1 Å². The van der Waals surface area contributed by atoms with Crippen molar-refractivity contribution in [3.63, 3.8) is 0 Å².